The lowest BCUT2D eigenvalue weighted by molar-refractivity contribution is 0.492. The van der Waals surface area contributed by atoms with Crippen LogP contribution in [0.1, 0.15) is 31.9 Å². The Morgan fingerprint density at radius 2 is 2.31 bits per heavy atom. The van der Waals surface area contributed by atoms with Crippen molar-refractivity contribution < 1.29 is 0 Å². The molecule has 13 heavy (non-hydrogen) atoms. The van der Waals surface area contributed by atoms with Crippen LogP contribution in [0.15, 0.2) is 11.4 Å². The molecular formula is C10H14ClNS. The molecule has 1 fully saturated rings. The first-order valence-electron chi connectivity index (χ1n) is 4.51. The van der Waals surface area contributed by atoms with E-state index in [4.69, 9.17) is 17.3 Å². The van der Waals surface area contributed by atoms with Gasteiger partial charge in [-0.1, -0.05) is 25.4 Å². The number of hydrogen-bond donors (Lipinski definition) is 1. The van der Waals surface area contributed by atoms with Gasteiger partial charge in [0.25, 0.3) is 0 Å². The summed E-state index contributed by atoms with van der Waals surface area (Å²) in [6, 6.07) is 2.18. The molecule has 1 saturated carbocycles. The molecular weight excluding hydrogens is 202 g/mol. The minimum Gasteiger partial charge on any atom is -0.324 e. The van der Waals surface area contributed by atoms with Crippen molar-refractivity contribution in [3.63, 3.8) is 0 Å². The van der Waals surface area contributed by atoms with Crippen LogP contribution in [0.5, 0.6) is 0 Å². The standard InChI is InChI=1S/C10H14ClNS/c1-10(2)5-7(10)8(12)6-3-4-13-9(6)11/h3-4,7-8H,5,12H2,1-2H3. The summed E-state index contributed by atoms with van der Waals surface area (Å²) in [4.78, 5) is 0. The zero-order valence-electron chi connectivity index (χ0n) is 7.88. The Kier molecular flexibility index (Phi) is 2.17. The highest BCUT2D eigenvalue weighted by Crippen LogP contribution is 2.57. The van der Waals surface area contributed by atoms with E-state index in [1.54, 1.807) is 11.3 Å². The molecule has 0 bridgehead atoms. The van der Waals surface area contributed by atoms with E-state index in [0.29, 0.717) is 11.3 Å². The fourth-order valence-electron chi connectivity index (χ4n) is 1.88. The van der Waals surface area contributed by atoms with E-state index in [0.717, 1.165) is 9.90 Å². The van der Waals surface area contributed by atoms with E-state index < -0.39 is 0 Å². The predicted octanol–water partition coefficient (Wildman–Crippen LogP) is 3.45. The maximum absolute atomic E-state index is 6.14. The van der Waals surface area contributed by atoms with Gasteiger partial charge < -0.3 is 5.73 Å². The van der Waals surface area contributed by atoms with E-state index in [-0.39, 0.29) is 6.04 Å². The van der Waals surface area contributed by atoms with Gasteiger partial charge in [-0.15, -0.1) is 11.3 Å². The van der Waals surface area contributed by atoms with Gasteiger partial charge in [-0.05, 0) is 34.8 Å². The van der Waals surface area contributed by atoms with Gasteiger partial charge in [-0.2, -0.15) is 0 Å². The van der Waals surface area contributed by atoms with Gasteiger partial charge in [0.1, 0.15) is 0 Å². The Balaban J connectivity index is 2.15. The van der Waals surface area contributed by atoms with Crippen LogP contribution in [-0.4, -0.2) is 0 Å². The van der Waals surface area contributed by atoms with Crippen LogP contribution in [0, 0.1) is 11.3 Å². The van der Waals surface area contributed by atoms with Crippen molar-refractivity contribution in [3.8, 4) is 0 Å². The molecule has 1 nitrogen and oxygen atoms in total. The Morgan fingerprint density at radius 1 is 1.69 bits per heavy atom. The van der Waals surface area contributed by atoms with Crippen molar-refractivity contribution in [2.24, 2.45) is 17.1 Å². The third-order valence-electron chi connectivity index (χ3n) is 3.03. The summed E-state index contributed by atoms with van der Waals surface area (Å²) < 4.78 is 0.857. The molecule has 0 aliphatic heterocycles. The molecule has 0 saturated heterocycles. The highest BCUT2D eigenvalue weighted by atomic mass is 35.5. The lowest BCUT2D eigenvalue weighted by atomic mass is 10.0. The summed E-state index contributed by atoms with van der Waals surface area (Å²) in [5, 5.41) is 2.01. The fourth-order valence-corrected chi connectivity index (χ4v) is 2.90. The summed E-state index contributed by atoms with van der Waals surface area (Å²) in [5.74, 6) is 0.611. The van der Waals surface area contributed by atoms with E-state index in [2.05, 4.69) is 13.8 Å². The number of nitrogens with two attached hydrogens (primary N) is 1. The first-order chi connectivity index (χ1) is 6.02. The zero-order valence-corrected chi connectivity index (χ0v) is 9.45. The fraction of sp³-hybridized carbons (Fsp3) is 0.600. The highest BCUT2D eigenvalue weighted by Gasteiger charge is 2.49. The molecule has 1 aliphatic rings. The van der Waals surface area contributed by atoms with Crippen LogP contribution in [-0.2, 0) is 0 Å². The number of thiophene rings is 1. The minimum absolute atomic E-state index is 0.133. The van der Waals surface area contributed by atoms with Gasteiger partial charge in [0, 0.05) is 6.04 Å². The molecule has 2 unspecified atom stereocenters. The van der Waals surface area contributed by atoms with Crippen LogP contribution in [0.2, 0.25) is 4.34 Å². The van der Waals surface area contributed by atoms with Crippen molar-refractivity contribution in [1.29, 1.82) is 0 Å². The summed E-state index contributed by atoms with van der Waals surface area (Å²) in [7, 11) is 0. The molecule has 3 heteroatoms. The van der Waals surface area contributed by atoms with Crippen molar-refractivity contribution in [2.75, 3.05) is 0 Å². The molecule has 72 valence electrons. The van der Waals surface area contributed by atoms with Crippen LogP contribution in [0.4, 0.5) is 0 Å². The Hall–Kier alpha value is -0.0500. The Labute approximate surface area is 87.9 Å². The predicted molar refractivity (Wildman–Crippen MR) is 58.1 cm³/mol. The molecule has 1 aromatic heterocycles. The maximum atomic E-state index is 6.14. The molecule has 1 aromatic rings. The number of halogens is 1. The lowest BCUT2D eigenvalue weighted by Crippen LogP contribution is -2.14. The molecule has 1 heterocycles. The molecule has 0 radical (unpaired) electrons. The normalized spacial score (nSPS) is 27.2. The second kappa shape index (κ2) is 2.97. The highest BCUT2D eigenvalue weighted by molar-refractivity contribution is 7.14. The minimum atomic E-state index is 0.133. The number of hydrogen-bond acceptors (Lipinski definition) is 2. The average molecular weight is 216 g/mol. The van der Waals surface area contributed by atoms with E-state index in [1.165, 1.54) is 6.42 Å². The molecule has 0 aromatic carbocycles. The maximum Gasteiger partial charge on any atom is 0.0976 e. The SMILES string of the molecule is CC1(C)CC1C(N)c1ccsc1Cl. The third-order valence-corrected chi connectivity index (χ3v) is 4.23. The largest absolute Gasteiger partial charge is 0.324 e. The lowest BCUT2D eigenvalue weighted by Gasteiger charge is -2.12. The zero-order chi connectivity index (χ0) is 9.64. The van der Waals surface area contributed by atoms with Gasteiger partial charge in [-0.3, -0.25) is 0 Å². The second-order valence-corrected chi connectivity index (χ2v) is 5.99. The molecule has 0 amide bonds. The van der Waals surface area contributed by atoms with Gasteiger partial charge in [0.15, 0.2) is 0 Å². The van der Waals surface area contributed by atoms with Gasteiger partial charge in [0.05, 0.1) is 4.34 Å². The smallest absolute Gasteiger partial charge is 0.0976 e. The molecule has 2 N–H and O–H groups in total. The van der Waals surface area contributed by atoms with Crippen LogP contribution in [0.3, 0.4) is 0 Å². The molecule has 1 aliphatic carbocycles. The van der Waals surface area contributed by atoms with E-state index in [1.807, 2.05) is 11.4 Å². The van der Waals surface area contributed by atoms with E-state index in [9.17, 15) is 0 Å². The summed E-state index contributed by atoms with van der Waals surface area (Å²) in [6.07, 6.45) is 1.22. The Bertz CT molecular complexity index is 318. The van der Waals surface area contributed by atoms with Gasteiger partial charge in [0.2, 0.25) is 0 Å². The number of rotatable bonds is 2. The van der Waals surface area contributed by atoms with Crippen molar-refractivity contribution in [2.45, 2.75) is 26.3 Å². The summed E-state index contributed by atoms with van der Waals surface area (Å²) in [6.45, 7) is 4.52. The van der Waals surface area contributed by atoms with Crippen molar-refractivity contribution >= 4 is 22.9 Å². The van der Waals surface area contributed by atoms with Crippen LogP contribution < -0.4 is 5.73 Å². The van der Waals surface area contributed by atoms with Crippen LogP contribution in [0.25, 0.3) is 0 Å². The molecule has 0 spiro atoms. The third kappa shape index (κ3) is 1.63. The topological polar surface area (TPSA) is 26.0 Å². The quantitative estimate of drug-likeness (QED) is 0.804. The molecule has 2 rings (SSSR count). The summed E-state index contributed by atoms with van der Waals surface area (Å²) in [5.41, 5.74) is 7.69. The van der Waals surface area contributed by atoms with Gasteiger partial charge >= 0.3 is 0 Å². The second-order valence-electron chi connectivity index (χ2n) is 4.47. The average Bonchev–Trinajstić information content (AvgIpc) is 2.49. The van der Waals surface area contributed by atoms with E-state index >= 15 is 0 Å². The van der Waals surface area contributed by atoms with Crippen LogP contribution >= 0.6 is 22.9 Å². The first-order valence-corrected chi connectivity index (χ1v) is 5.76. The summed E-state index contributed by atoms with van der Waals surface area (Å²) >= 11 is 7.60. The van der Waals surface area contributed by atoms with Crippen molar-refractivity contribution in [1.82, 2.24) is 0 Å². The monoisotopic (exact) mass is 215 g/mol. The Morgan fingerprint density at radius 3 is 2.69 bits per heavy atom. The van der Waals surface area contributed by atoms with Gasteiger partial charge in [-0.25, -0.2) is 0 Å². The van der Waals surface area contributed by atoms with Crippen molar-refractivity contribution in [3.05, 3.63) is 21.3 Å². The first kappa shape index (κ1) is 9.50. The molecule has 2 atom stereocenters.